The largest absolute Gasteiger partial charge is 0.493 e. The van der Waals surface area contributed by atoms with Crippen molar-refractivity contribution in [1.29, 1.82) is 0 Å². The normalized spacial score (nSPS) is 9.06. The lowest BCUT2D eigenvalue weighted by atomic mass is 10.1. The van der Waals surface area contributed by atoms with Gasteiger partial charge in [-0.1, -0.05) is 64.0 Å². The zero-order valence-corrected chi connectivity index (χ0v) is 19.6. The summed E-state index contributed by atoms with van der Waals surface area (Å²) in [5.41, 5.74) is 1.93. The second-order valence-corrected chi connectivity index (χ2v) is 7.20. The van der Waals surface area contributed by atoms with Crippen LogP contribution in [-0.4, -0.2) is 6.61 Å². The van der Waals surface area contributed by atoms with Crippen molar-refractivity contribution in [3.63, 3.8) is 0 Å². The van der Waals surface area contributed by atoms with Crippen molar-refractivity contribution in [3.8, 4) is 71.4 Å². The van der Waals surface area contributed by atoms with Crippen LogP contribution in [-0.2, 0) is 0 Å². The van der Waals surface area contributed by atoms with Crippen molar-refractivity contribution in [2.75, 3.05) is 6.61 Å². The maximum absolute atomic E-state index is 6.06. The summed E-state index contributed by atoms with van der Waals surface area (Å²) in [7, 11) is 0. The summed E-state index contributed by atoms with van der Waals surface area (Å²) in [4.78, 5) is 0. The smallest absolute Gasteiger partial charge is 0.144 e. The summed E-state index contributed by atoms with van der Waals surface area (Å²) in [6.45, 7) is 6.93. The average Bonchev–Trinajstić information content (AvgIpc) is 2.79. The molecule has 0 aromatic heterocycles. The van der Waals surface area contributed by atoms with Crippen LogP contribution >= 0.6 is 0 Å². The minimum atomic E-state index is 0. The second kappa shape index (κ2) is 18.2. The van der Waals surface area contributed by atoms with E-state index in [2.05, 4.69) is 60.4 Å². The molecule has 0 N–H and O–H groups in total. The summed E-state index contributed by atoms with van der Waals surface area (Å²) in [5.74, 6) is 21.4. The molecular weight excluding hydrogens is 392 g/mol. The Morgan fingerprint density at radius 1 is 0.844 bits per heavy atom. The number of allylic oxidation sites excluding steroid dienone is 1. The lowest BCUT2D eigenvalue weighted by Gasteiger charge is -2.12. The number of ether oxygens (including phenoxy) is 2. The molecule has 1 aromatic rings. The Morgan fingerprint density at radius 2 is 1.47 bits per heavy atom. The number of rotatable bonds is 12. The van der Waals surface area contributed by atoms with E-state index in [1.165, 1.54) is 44.9 Å². The lowest BCUT2D eigenvalue weighted by Crippen LogP contribution is -2.00. The number of aryl methyl sites for hydroxylation is 1. The Balaban J connectivity index is -0.000000128. The average molecular weight is 445 g/mol. The van der Waals surface area contributed by atoms with Gasteiger partial charge in [0.05, 0.1) is 6.61 Å². The molecule has 0 aliphatic rings. The van der Waals surface area contributed by atoms with E-state index in [0.29, 0.717) is 5.75 Å². The summed E-state index contributed by atoms with van der Waals surface area (Å²) in [5, 5.41) is 0. The van der Waals surface area contributed by atoms with Gasteiger partial charge >= 0.3 is 0 Å². The highest BCUT2D eigenvalue weighted by Gasteiger charge is 2.08. The summed E-state index contributed by atoms with van der Waals surface area (Å²) in [6, 6.07) is 3.94. The van der Waals surface area contributed by atoms with Crippen LogP contribution in [0.25, 0.3) is 6.08 Å². The Labute approximate surface area is 210 Å². The van der Waals surface area contributed by atoms with E-state index in [-0.39, 0.29) is 14.3 Å². The first-order valence-corrected chi connectivity index (χ1v) is 11.3. The van der Waals surface area contributed by atoms with Gasteiger partial charge in [0.1, 0.15) is 17.6 Å². The number of hydrogen-bond acceptors (Lipinski definition) is 2. The quantitative estimate of drug-likeness (QED) is 0.236. The summed E-state index contributed by atoms with van der Waals surface area (Å²) >= 11 is 0. The molecule has 0 bridgehead atoms. The Kier molecular flexibility index (Phi) is 15.0. The highest BCUT2D eigenvalue weighted by Crippen LogP contribution is 2.30. The summed E-state index contributed by atoms with van der Waals surface area (Å²) in [6.07, 6.45) is 21.8. The van der Waals surface area contributed by atoms with Crippen LogP contribution in [0.3, 0.4) is 0 Å². The Bertz CT molecular complexity index is 1060. The van der Waals surface area contributed by atoms with Gasteiger partial charge in [0.15, 0.2) is 0 Å². The van der Waals surface area contributed by atoms with Crippen LogP contribution in [0.5, 0.6) is 11.5 Å². The number of terminal acetylenes is 1. The molecule has 0 heterocycles. The molecule has 1 aromatic carbocycles. The number of unbranched alkanes of at least 4 members (excludes halogenated alkanes) is 7. The molecule has 0 fully saturated rings. The van der Waals surface area contributed by atoms with Crippen molar-refractivity contribution in [2.45, 2.75) is 72.1 Å². The van der Waals surface area contributed by atoms with Gasteiger partial charge in [-0.2, -0.15) is 0 Å². The highest BCUT2D eigenvalue weighted by molar-refractivity contribution is 5.61. The fourth-order valence-corrected chi connectivity index (χ4v) is 2.94. The van der Waals surface area contributed by atoms with E-state index < -0.39 is 0 Å². The third kappa shape index (κ3) is 12.1. The van der Waals surface area contributed by atoms with Gasteiger partial charge in [0.2, 0.25) is 0 Å². The maximum atomic E-state index is 6.06. The molecule has 0 unspecified atom stereocenters. The number of hydrogen-bond donors (Lipinski definition) is 0. The SMILES string of the molecule is C#CC#CC#CC#CC#COc1cc(/C=C/C)c(OCCCCCCCCCC)cc1C.[HH].[HH].[HH].[HH].[HH].[HH].[HH].[HH].[HH].[HH]. The van der Waals surface area contributed by atoms with Crippen molar-refractivity contribution < 1.29 is 23.7 Å². The van der Waals surface area contributed by atoms with E-state index in [9.17, 15) is 0 Å². The van der Waals surface area contributed by atoms with E-state index in [1.54, 1.807) is 0 Å². The van der Waals surface area contributed by atoms with Gasteiger partial charge in [-0.25, -0.2) is 0 Å². The van der Waals surface area contributed by atoms with Gasteiger partial charge < -0.3 is 9.47 Å². The molecular formula is C30H52O2. The first-order chi connectivity index (χ1) is 15.7. The Hall–Kier alpha value is -3.64. The molecule has 2 nitrogen and oxygen atoms in total. The highest BCUT2D eigenvalue weighted by atomic mass is 16.5. The van der Waals surface area contributed by atoms with Crippen molar-refractivity contribution >= 4 is 6.08 Å². The first kappa shape index (κ1) is 26.4. The molecule has 32 heavy (non-hydrogen) atoms. The fraction of sp³-hybridized carbons (Fsp3) is 0.400. The van der Waals surface area contributed by atoms with E-state index in [4.69, 9.17) is 15.9 Å². The van der Waals surface area contributed by atoms with Gasteiger partial charge in [-0.05, 0) is 61.6 Å². The first-order valence-electron chi connectivity index (χ1n) is 11.3. The predicted octanol–water partition coefficient (Wildman–Crippen LogP) is 8.99. The van der Waals surface area contributed by atoms with Crippen molar-refractivity contribution in [1.82, 2.24) is 0 Å². The van der Waals surface area contributed by atoms with Crippen LogP contribution in [0.4, 0.5) is 0 Å². The fourth-order valence-electron chi connectivity index (χ4n) is 2.94. The molecule has 2 heteroatoms. The minimum absolute atomic E-state index is 0. The molecule has 0 aliphatic heterocycles. The topological polar surface area (TPSA) is 18.5 Å². The molecule has 0 atom stereocenters. The van der Waals surface area contributed by atoms with Gasteiger partial charge in [0, 0.05) is 43.5 Å². The van der Waals surface area contributed by atoms with E-state index in [1.807, 2.05) is 38.1 Å². The molecule has 0 amide bonds. The molecule has 184 valence electrons. The van der Waals surface area contributed by atoms with Gasteiger partial charge in [0.25, 0.3) is 0 Å². The van der Waals surface area contributed by atoms with Gasteiger partial charge in [-0.3, -0.25) is 0 Å². The van der Waals surface area contributed by atoms with Crippen LogP contribution in [0.15, 0.2) is 18.2 Å². The number of benzene rings is 1. The molecule has 0 aliphatic carbocycles. The van der Waals surface area contributed by atoms with Crippen LogP contribution in [0.1, 0.15) is 90.6 Å². The lowest BCUT2D eigenvalue weighted by molar-refractivity contribution is 0.303. The predicted molar refractivity (Wildman–Crippen MR) is 156 cm³/mol. The monoisotopic (exact) mass is 444 g/mol. The summed E-state index contributed by atoms with van der Waals surface area (Å²) < 4.78 is 11.6. The minimum Gasteiger partial charge on any atom is -0.493 e. The third-order valence-corrected chi connectivity index (χ3v) is 4.57. The zero-order chi connectivity index (χ0) is 23.3. The molecule has 0 saturated carbocycles. The second-order valence-electron chi connectivity index (χ2n) is 7.20. The third-order valence-electron chi connectivity index (χ3n) is 4.57. The van der Waals surface area contributed by atoms with Crippen LogP contribution in [0.2, 0.25) is 0 Å². The van der Waals surface area contributed by atoms with Crippen LogP contribution < -0.4 is 9.47 Å². The molecule has 1 rings (SSSR count). The zero-order valence-electron chi connectivity index (χ0n) is 19.6. The van der Waals surface area contributed by atoms with E-state index >= 15 is 0 Å². The van der Waals surface area contributed by atoms with Crippen molar-refractivity contribution in [3.05, 3.63) is 29.3 Å². The standard InChI is InChI=1S/C30H32O2.10H2/c1-5-8-10-12-14-16-18-20-23-31-29-26-28(22-7-3)30(25-27(29)4)32-24-21-19-17-15-13-11-9-6-2;;;;;;;;;;/h1,7,22,25-26H,6,9,11,13,15,17,19,21,24H2,2-4H3;10*1H/b22-7+;;;;;;;;;;. The Morgan fingerprint density at radius 3 is 2.12 bits per heavy atom. The van der Waals surface area contributed by atoms with Crippen molar-refractivity contribution in [2.24, 2.45) is 0 Å². The van der Waals surface area contributed by atoms with E-state index in [0.717, 1.165) is 29.9 Å². The molecule has 0 saturated heterocycles. The maximum Gasteiger partial charge on any atom is 0.144 e. The van der Waals surface area contributed by atoms with Crippen LogP contribution in [0, 0.1) is 66.8 Å². The molecule has 0 spiro atoms. The molecule has 0 radical (unpaired) electrons. The van der Waals surface area contributed by atoms with Gasteiger partial charge in [-0.15, -0.1) is 6.42 Å².